The van der Waals surface area contributed by atoms with Crippen LogP contribution >= 0.6 is 15.9 Å². The van der Waals surface area contributed by atoms with E-state index in [1.54, 1.807) is 17.0 Å². The lowest BCUT2D eigenvalue weighted by Crippen LogP contribution is -2.41. The van der Waals surface area contributed by atoms with Crippen LogP contribution in [0.3, 0.4) is 0 Å². The minimum absolute atomic E-state index is 0.0419. The molecule has 0 fully saturated rings. The van der Waals surface area contributed by atoms with Gasteiger partial charge in [-0.25, -0.2) is 0 Å². The SMILES string of the molecule is CCN(CCc1ccccc1)C(=O)CNC(=O)c1ccc(Br)o1. The van der Waals surface area contributed by atoms with E-state index in [9.17, 15) is 9.59 Å². The average Bonchev–Trinajstić information content (AvgIpc) is 3.00. The van der Waals surface area contributed by atoms with Gasteiger partial charge in [0.25, 0.3) is 5.91 Å². The Bertz CT molecular complexity index is 655. The zero-order valence-corrected chi connectivity index (χ0v) is 14.5. The first kappa shape index (κ1) is 17.3. The van der Waals surface area contributed by atoms with Crippen LogP contribution in [0.2, 0.25) is 0 Å². The van der Waals surface area contributed by atoms with Crippen molar-refractivity contribution in [1.82, 2.24) is 10.2 Å². The number of furan rings is 1. The van der Waals surface area contributed by atoms with Crippen LogP contribution in [-0.2, 0) is 11.2 Å². The van der Waals surface area contributed by atoms with E-state index in [1.165, 1.54) is 5.56 Å². The molecule has 2 amide bonds. The topological polar surface area (TPSA) is 62.6 Å². The van der Waals surface area contributed by atoms with Crippen LogP contribution in [0.1, 0.15) is 23.0 Å². The molecular weight excluding hydrogens is 360 g/mol. The Labute approximate surface area is 143 Å². The number of halogens is 1. The molecule has 0 aliphatic carbocycles. The van der Waals surface area contributed by atoms with Gasteiger partial charge in [-0.1, -0.05) is 30.3 Å². The van der Waals surface area contributed by atoms with Gasteiger partial charge in [-0.2, -0.15) is 0 Å². The van der Waals surface area contributed by atoms with Gasteiger partial charge in [0.2, 0.25) is 5.91 Å². The van der Waals surface area contributed by atoms with E-state index in [4.69, 9.17) is 4.42 Å². The first-order valence-corrected chi connectivity index (χ1v) is 8.24. The van der Waals surface area contributed by atoms with Crippen LogP contribution in [0.25, 0.3) is 0 Å². The van der Waals surface area contributed by atoms with Gasteiger partial charge in [0.05, 0.1) is 6.54 Å². The van der Waals surface area contributed by atoms with Crippen molar-refractivity contribution in [1.29, 1.82) is 0 Å². The maximum absolute atomic E-state index is 12.2. The fourth-order valence-electron chi connectivity index (χ4n) is 2.16. The predicted molar refractivity (Wildman–Crippen MR) is 91.1 cm³/mol. The molecule has 1 N–H and O–H groups in total. The van der Waals surface area contributed by atoms with Crippen LogP contribution in [0.5, 0.6) is 0 Å². The van der Waals surface area contributed by atoms with Crippen molar-refractivity contribution in [3.8, 4) is 0 Å². The van der Waals surface area contributed by atoms with Gasteiger partial charge in [0.15, 0.2) is 10.4 Å². The second-order valence-corrected chi connectivity index (χ2v) is 5.78. The fraction of sp³-hybridized carbons (Fsp3) is 0.294. The summed E-state index contributed by atoms with van der Waals surface area (Å²) in [6.45, 7) is 3.11. The Balaban J connectivity index is 1.81. The van der Waals surface area contributed by atoms with Gasteiger partial charge in [-0.15, -0.1) is 0 Å². The lowest BCUT2D eigenvalue weighted by molar-refractivity contribution is -0.129. The maximum atomic E-state index is 12.2. The number of hydrogen-bond acceptors (Lipinski definition) is 3. The molecule has 0 saturated carbocycles. The van der Waals surface area contributed by atoms with Crippen LogP contribution in [0.4, 0.5) is 0 Å². The van der Waals surface area contributed by atoms with Gasteiger partial charge in [0.1, 0.15) is 0 Å². The molecule has 6 heteroatoms. The summed E-state index contributed by atoms with van der Waals surface area (Å²) in [4.78, 5) is 25.8. The zero-order chi connectivity index (χ0) is 16.7. The molecule has 5 nitrogen and oxygen atoms in total. The Morgan fingerprint density at radius 1 is 1.17 bits per heavy atom. The second kappa shape index (κ2) is 8.53. The molecule has 0 radical (unpaired) electrons. The molecule has 1 aromatic heterocycles. The minimum Gasteiger partial charge on any atom is -0.444 e. The lowest BCUT2D eigenvalue weighted by Gasteiger charge is -2.21. The highest BCUT2D eigenvalue weighted by molar-refractivity contribution is 9.10. The van der Waals surface area contributed by atoms with Crippen LogP contribution < -0.4 is 5.32 Å². The normalized spacial score (nSPS) is 10.3. The van der Waals surface area contributed by atoms with Crippen LogP contribution in [-0.4, -0.2) is 36.3 Å². The summed E-state index contributed by atoms with van der Waals surface area (Å²) in [7, 11) is 0. The third kappa shape index (κ3) is 5.25. The standard InChI is InChI=1S/C17H19BrN2O3/c1-2-20(11-10-13-6-4-3-5-7-13)16(21)12-19-17(22)14-8-9-15(18)23-14/h3-9H,2,10-12H2,1H3,(H,19,22). The van der Waals surface area contributed by atoms with Crippen molar-refractivity contribution < 1.29 is 14.0 Å². The van der Waals surface area contributed by atoms with Crippen molar-refractivity contribution in [2.45, 2.75) is 13.3 Å². The highest BCUT2D eigenvalue weighted by Gasteiger charge is 2.15. The number of nitrogens with one attached hydrogen (secondary N) is 1. The van der Waals surface area contributed by atoms with Crippen molar-refractivity contribution in [2.75, 3.05) is 19.6 Å². The van der Waals surface area contributed by atoms with E-state index in [0.717, 1.165) is 6.42 Å². The first-order chi connectivity index (χ1) is 11.1. The van der Waals surface area contributed by atoms with Gasteiger partial charge in [0, 0.05) is 13.1 Å². The minimum atomic E-state index is -0.400. The third-order valence-corrected chi connectivity index (χ3v) is 3.87. The van der Waals surface area contributed by atoms with Crippen molar-refractivity contribution in [3.63, 3.8) is 0 Å². The van der Waals surface area contributed by atoms with Gasteiger partial charge < -0.3 is 14.6 Å². The number of carbonyl (C=O) groups is 2. The molecular formula is C17H19BrN2O3. The van der Waals surface area contributed by atoms with E-state index < -0.39 is 5.91 Å². The van der Waals surface area contributed by atoms with E-state index >= 15 is 0 Å². The Morgan fingerprint density at radius 2 is 1.91 bits per heavy atom. The number of amides is 2. The summed E-state index contributed by atoms with van der Waals surface area (Å²) in [5, 5.41) is 2.58. The van der Waals surface area contributed by atoms with Crippen molar-refractivity contribution in [2.24, 2.45) is 0 Å². The molecule has 2 rings (SSSR count). The Kier molecular flexibility index (Phi) is 6.40. The van der Waals surface area contributed by atoms with Crippen molar-refractivity contribution in [3.05, 3.63) is 58.5 Å². The molecule has 0 aliphatic heterocycles. The molecule has 0 unspecified atom stereocenters. The quantitative estimate of drug-likeness (QED) is 0.805. The van der Waals surface area contributed by atoms with Gasteiger partial charge in [-0.3, -0.25) is 9.59 Å². The van der Waals surface area contributed by atoms with Crippen molar-refractivity contribution >= 4 is 27.7 Å². The molecule has 23 heavy (non-hydrogen) atoms. The Morgan fingerprint density at radius 3 is 2.52 bits per heavy atom. The first-order valence-electron chi connectivity index (χ1n) is 7.45. The Hall–Kier alpha value is -2.08. The molecule has 1 aromatic carbocycles. The number of likely N-dealkylation sites (N-methyl/N-ethyl adjacent to an activating group) is 1. The summed E-state index contributed by atoms with van der Waals surface area (Å²) in [5.74, 6) is -0.331. The summed E-state index contributed by atoms with van der Waals surface area (Å²) in [6, 6.07) is 13.2. The summed E-state index contributed by atoms with van der Waals surface area (Å²) < 4.78 is 5.63. The number of nitrogens with zero attached hydrogens (tertiary/aromatic N) is 1. The molecule has 1 heterocycles. The van der Waals surface area contributed by atoms with Crippen LogP contribution in [0.15, 0.2) is 51.6 Å². The third-order valence-electron chi connectivity index (χ3n) is 3.44. The van der Waals surface area contributed by atoms with Crippen LogP contribution in [0, 0.1) is 0 Å². The highest BCUT2D eigenvalue weighted by Crippen LogP contribution is 2.13. The van der Waals surface area contributed by atoms with Gasteiger partial charge >= 0.3 is 0 Å². The van der Waals surface area contributed by atoms with E-state index in [-0.39, 0.29) is 18.2 Å². The smallest absolute Gasteiger partial charge is 0.287 e. The van der Waals surface area contributed by atoms with E-state index in [0.29, 0.717) is 17.8 Å². The summed E-state index contributed by atoms with van der Waals surface area (Å²) in [6.07, 6.45) is 0.791. The lowest BCUT2D eigenvalue weighted by atomic mass is 10.1. The van der Waals surface area contributed by atoms with E-state index in [1.807, 2.05) is 37.3 Å². The molecule has 0 aliphatic rings. The summed E-state index contributed by atoms with van der Waals surface area (Å²) in [5.41, 5.74) is 1.18. The zero-order valence-electron chi connectivity index (χ0n) is 12.9. The van der Waals surface area contributed by atoms with E-state index in [2.05, 4.69) is 21.2 Å². The number of rotatable bonds is 7. The largest absolute Gasteiger partial charge is 0.444 e. The molecule has 0 bridgehead atoms. The average molecular weight is 379 g/mol. The predicted octanol–water partition coefficient (Wildman–Crippen LogP) is 2.86. The monoisotopic (exact) mass is 378 g/mol. The molecule has 122 valence electrons. The molecule has 2 aromatic rings. The highest BCUT2D eigenvalue weighted by atomic mass is 79.9. The van der Waals surface area contributed by atoms with Gasteiger partial charge in [-0.05, 0) is 47.0 Å². The number of benzene rings is 1. The molecule has 0 atom stereocenters. The molecule has 0 saturated heterocycles. The maximum Gasteiger partial charge on any atom is 0.287 e. The molecule has 0 spiro atoms. The number of hydrogen-bond donors (Lipinski definition) is 1. The second-order valence-electron chi connectivity index (χ2n) is 5.00. The number of carbonyl (C=O) groups excluding carboxylic acids is 2. The summed E-state index contributed by atoms with van der Waals surface area (Å²) >= 11 is 3.14. The fourth-order valence-corrected chi connectivity index (χ4v) is 2.47.